The van der Waals surface area contributed by atoms with Crippen LogP contribution in [0, 0.1) is 0 Å². The van der Waals surface area contributed by atoms with Crippen molar-refractivity contribution in [2.75, 3.05) is 27.3 Å². The van der Waals surface area contributed by atoms with Gasteiger partial charge in [-0.2, -0.15) is 0 Å². The molecular weight excluding hydrogens is 419 g/mol. The molecule has 3 rings (SSSR count). The maximum atomic E-state index is 12.1. The molecule has 1 aliphatic rings. The molecule has 1 saturated heterocycles. The summed E-state index contributed by atoms with van der Waals surface area (Å²) >= 11 is 11.9. The van der Waals surface area contributed by atoms with Gasteiger partial charge in [0.2, 0.25) is 5.91 Å². The Hall–Kier alpha value is -1.85. The minimum atomic E-state index is -0.150. The molecule has 0 atom stereocenters. The Morgan fingerprint density at radius 1 is 1.07 bits per heavy atom. The third-order valence-corrected chi connectivity index (χ3v) is 6.37. The molecule has 0 spiro atoms. The maximum absolute atomic E-state index is 12.1. The number of nitrogens with one attached hydrogen (secondary N) is 1. The number of benzene rings is 2. The average molecular weight is 448 g/mol. The lowest BCUT2D eigenvalue weighted by Gasteiger charge is -2.40. The fourth-order valence-electron chi connectivity index (χ4n) is 3.78. The first-order chi connectivity index (χ1) is 14.3. The Labute approximate surface area is 189 Å². The number of nitrogens with zero attached hydrogens (tertiary/aromatic N) is 1. The van der Waals surface area contributed by atoms with E-state index in [9.17, 15) is 4.79 Å². The predicted octanol–water partition coefficient (Wildman–Crippen LogP) is 5.08. The predicted molar refractivity (Wildman–Crippen MR) is 123 cm³/mol. The summed E-state index contributed by atoms with van der Waals surface area (Å²) in [5, 5.41) is 3.88. The van der Waals surface area contributed by atoms with Gasteiger partial charge in [0.05, 0.1) is 43.4 Å². The van der Waals surface area contributed by atoms with Crippen LogP contribution < -0.4 is 5.32 Å². The molecule has 0 aliphatic carbocycles. The van der Waals surface area contributed by atoms with E-state index in [0.29, 0.717) is 22.6 Å². The molecule has 0 saturated carbocycles. The molecule has 0 aromatic heterocycles. The van der Waals surface area contributed by atoms with Crippen LogP contribution >= 0.6 is 23.2 Å². The number of quaternary nitrogens is 1. The summed E-state index contributed by atoms with van der Waals surface area (Å²) < 4.78 is 6.47. The minimum absolute atomic E-state index is 0.150. The van der Waals surface area contributed by atoms with Crippen molar-refractivity contribution in [1.82, 2.24) is 5.32 Å². The van der Waals surface area contributed by atoms with Crippen molar-refractivity contribution in [3.05, 3.63) is 75.3 Å². The van der Waals surface area contributed by atoms with E-state index >= 15 is 0 Å². The van der Waals surface area contributed by atoms with Crippen LogP contribution in [0.4, 0.5) is 0 Å². The first-order valence-corrected chi connectivity index (χ1v) is 11.0. The van der Waals surface area contributed by atoms with Crippen LogP contribution in [0.1, 0.15) is 29.5 Å². The summed E-state index contributed by atoms with van der Waals surface area (Å²) in [6, 6.07) is 14.4. The quantitative estimate of drug-likeness (QED) is 0.474. The Bertz CT molecular complexity index is 889. The highest BCUT2D eigenvalue weighted by molar-refractivity contribution is 6.42. The van der Waals surface area contributed by atoms with Crippen LogP contribution in [0.25, 0.3) is 6.08 Å². The summed E-state index contributed by atoms with van der Waals surface area (Å²) in [5.41, 5.74) is 3.21. The molecule has 1 fully saturated rings. The highest BCUT2D eigenvalue weighted by atomic mass is 35.5. The summed E-state index contributed by atoms with van der Waals surface area (Å²) in [6.45, 7) is 3.21. The van der Waals surface area contributed by atoms with Gasteiger partial charge in [0.1, 0.15) is 6.54 Å². The molecule has 1 N–H and O–H groups in total. The summed E-state index contributed by atoms with van der Waals surface area (Å²) in [7, 11) is 4.59. The third-order valence-electron chi connectivity index (χ3n) is 5.63. The zero-order chi connectivity index (χ0) is 21.6. The molecule has 0 radical (unpaired) electrons. The highest BCUT2D eigenvalue weighted by Crippen LogP contribution is 2.23. The number of halogens is 2. The average Bonchev–Trinajstić information content (AvgIpc) is 2.74. The Morgan fingerprint density at radius 2 is 1.73 bits per heavy atom. The molecule has 6 heteroatoms. The first kappa shape index (κ1) is 22.8. The molecule has 160 valence electrons. The Balaban J connectivity index is 1.49. The normalized spacial score (nSPS) is 15.5. The lowest BCUT2D eigenvalue weighted by molar-refractivity contribution is -0.929. The van der Waals surface area contributed by atoms with Crippen LogP contribution in [-0.4, -0.2) is 43.7 Å². The van der Waals surface area contributed by atoms with E-state index in [0.717, 1.165) is 48.2 Å². The molecule has 1 amide bonds. The van der Waals surface area contributed by atoms with Gasteiger partial charge in [0.15, 0.2) is 0 Å². The fraction of sp³-hybridized carbons (Fsp3) is 0.375. The van der Waals surface area contributed by atoms with Gasteiger partial charge >= 0.3 is 0 Å². The zero-order valence-electron chi connectivity index (χ0n) is 17.5. The van der Waals surface area contributed by atoms with Crippen LogP contribution in [-0.2, 0) is 22.6 Å². The van der Waals surface area contributed by atoms with Gasteiger partial charge in [-0.15, -0.1) is 0 Å². The largest absolute Gasteiger partial charge is 0.381 e. The summed E-state index contributed by atoms with van der Waals surface area (Å²) in [5.74, 6) is -0.150. The van der Waals surface area contributed by atoms with Crippen molar-refractivity contribution in [2.45, 2.75) is 32.0 Å². The van der Waals surface area contributed by atoms with E-state index in [-0.39, 0.29) is 5.91 Å². The SMILES string of the molecule is C[N+](C)(Cc1ccc(CNC(=O)C=Cc2ccc(Cl)c(Cl)c2)cc1)C1CCOCC1. The van der Waals surface area contributed by atoms with E-state index in [1.54, 1.807) is 18.2 Å². The van der Waals surface area contributed by atoms with E-state index in [1.165, 1.54) is 11.6 Å². The molecule has 0 bridgehead atoms. The van der Waals surface area contributed by atoms with Crippen molar-refractivity contribution in [3.63, 3.8) is 0 Å². The fourth-order valence-corrected chi connectivity index (χ4v) is 4.09. The molecule has 30 heavy (non-hydrogen) atoms. The number of ether oxygens (including phenoxy) is 1. The first-order valence-electron chi connectivity index (χ1n) is 10.2. The topological polar surface area (TPSA) is 38.3 Å². The summed E-state index contributed by atoms with van der Waals surface area (Å²) in [6.07, 6.45) is 5.46. The van der Waals surface area contributed by atoms with Crippen molar-refractivity contribution in [2.24, 2.45) is 0 Å². The number of amides is 1. The molecule has 2 aromatic rings. The van der Waals surface area contributed by atoms with Gasteiger partial charge in [0, 0.05) is 31.0 Å². The Morgan fingerprint density at radius 3 is 2.40 bits per heavy atom. The van der Waals surface area contributed by atoms with Gasteiger partial charge < -0.3 is 14.5 Å². The number of hydrogen-bond donors (Lipinski definition) is 1. The van der Waals surface area contributed by atoms with Gasteiger partial charge in [-0.05, 0) is 29.3 Å². The highest BCUT2D eigenvalue weighted by Gasteiger charge is 2.30. The zero-order valence-corrected chi connectivity index (χ0v) is 19.0. The number of carbonyl (C=O) groups is 1. The van der Waals surface area contributed by atoms with Crippen molar-refractivity contribution < 1.29 is 14.0 Å². The van der Waals surface area contributed by atoms with Crippen LogP contribution in [0.15, 0.2) is 48.5 Å². The molecule has 1 aliphatic heterocycles. The number of rotatable bonds is 7. The van der Waals surface area contributed by atoms with Gasteiger partial charge in [-0.1, -0.05) is 53.5 Å². The van der Waals surface area contributed by atoms with Crippen molar-refractivity contribution >= 4 is 35.2 Å². The lowest BCUT2D eigenvalue weighted by atomic mass is 10.0. The molecular formula is C24H29Cl2N2O2+. The molecule has 4 nitrogen and oxygen atoms in total. The van der Waals surface area contributed by atoms with E-state index in [2.05, 4.69) is 43.7 Å². The second-order valence-corrected chi connectivity index (χ2v) is 9.14. The van der Waals surface area contributed by atoms with Crippen LogP contribution in [0.3, 0.4) is 0 Å². The monoisotopic (exact) mass is 447 g/mol. The number of hydrogen-bond acceptors (Lipinski definition) is 2. The second-order valence-electron chi connectivity index (χ2n) is 8.32. The minimum Gasteiger partial charge on any atom is -0.381 e. The maximum Gasteiger partial charge on any atom is 0.244 e. The van der Waals surface area contributed by atoms with Crippen LogP contribution in [0.2, 0.25) is 10.0 Å². The van der Waals surface area contributed by atoms with Gasteiger partial charge in [-0.3, -0.25) is 4.79 Å². The summed E-state index contributed by atoms with van der Waals surface area (Å²) in [4.78, 5) is 12.1. The van der Waals surface area contributed by atoms with Crippen molar-refractivity contribution in [3.8, 4) is 0 Å². The van der Waals surface area contributed by atoms with Crippen molar-refractivity contribution in [1.29, 1.82) is 0 Å². The smallest absolute Gasteiger partial charge is 0.244 e. The standard InChI is InChI=1S/C24H28Cl2N2O2/c1-28(2,21-11-13-30-14-12-21)17-20-5-3-19(4-6-20)16-27-24(29)10-8-18-7-9-22(25)23(26)15-18/h3-10,15,21H,11-14,16-17H2,1-2H3/p+1. The van der Waals surface area contributed by atoms with E-state index in [4.69, 9.17) is 27.9 Å². The van der Waals surface area contributed by atoms with E-state index < -0.39 is 0 Å². The molecule has 0 unspecified atom stereocenters. The van der Waals surface area contributed by atoms with E-state index in [1.807, 2.05) is 6.07 Å². The van der Waals surface area contributed by atoms with Crippen LogP contribution in [0.5, 0.6) is 0 Å². The third kappa shape index (κ3) is 6.58. The molecule has 2 aromatic carbocycles. The molecule has 1 heterocycles. The Kier molecular flexibility index (Phi) is 7.95. The van der Waals surface area contributed by atoms with Gasteiger partial charge in [-0.25, -0.2) is 0 Å². The lowest BCUT2D eigenvalue weighted by Crippen LogP contribution is -2.50. The second kappa shape index (κ2) is 10.5. The van der Waals surface area contributed by atoms with Gasteiger partial charge in [0.25, 0.3) is 0 Å². The number of carbonyl (C=O) groups excluding carboxylic acids is 1.